The Kier molecular flexibility index (Phi) is 22.0. The average Bonchev–Trinajstić information content (AvgIpc) is 4.08. The van der Waals surface area contributed by atoms with E-state index in [0.717, 1.165) is 11.3 Å². The summed E-state index contributed by atoms with van der Waals surface area (Å²) in [6.45, 7) is 18.4. The number of carbonyl (C=O) groups excluding carboxylic acids is 1. The minimum Gasteiger partial charge on any atom is -0.459 e. The van der Waals surface area contributed by atoms with Gasteiger partial charge in [0.05, 0.1) is 47.2 Å². The lowest BCUT2D eigenvalue weighted by atomic mass is 9.77. The van der Waals surface area contributed by atoms with Gasteiger partial charge in [-0.2, -0.15) is 0 Å². The standard InChI is InChI=1S/C56H94FN5O12S/c1-15-45-56(10,67)50(63)37(6)61(12)31-33(2)28-54(8,66)52(35(4)48(36(5)53(65)72-45)73-47-29-55(9,69-14)51(64)38(7)71-47)74-46-27-41(26-34(3)70-46)60(11)25-24-40-32-62(59-58-40)44(30-57)49(68-13)39-20-22-43(23-21-39)75-42-18-16-17-19-42/h20-23,32-38,41-42,44-52,63-64,66-67H,15-19,24-31H2,1-14H3/t33-,34-,35+,36-,37-,38+,41+,44-,45-,46+,47+,48+,49-,50-,51+,52-,54-,55-,56-/m1/s1. The van der Waals surface area contributed by atoms with Crippen LogP contribution in [0.4, 0.5) is 4.39 Å². The molecule has 75 heavy (non-hydrogen) atoms. The van der Waals surface area contributed by atoms with Crippen LogP contribution in [0.5, 0.6) is 0 Å². The lowest BCUT2D eigenvalue weighted by Gasteiger charge is -2.48. The van der Waals surface area contributed by atoms with E-state index in [-0.39, 0.29) is 37.3 Å². The van der Waals surface area contributed by atoms with Crippen molar-refractivity contribution in [2.75, 3.05) is 48.1 Å². The van der Waals surface area contributed by atoms with Gasteiger partial charge in [0.15, 0.2) is 12.6 Å². The fourth-order valence-corrected chi connectivity index (χ4v) is 13.7. The maximum Gasteiger partial charge on any atom is 0.311 e. The molecule has 0 amide bonds. The van der Waals surface area contributed by atoms with Crippen molar-refractivity contribution in [2.45, 2.75) is 240 Å². The quantitative estimate of drug-likeness (QED) is 0.117. The highest BCUT2D eigenvalue weighted by Crippen LogP contribution is 2.41. The van der Waals surface area contributed by atoms with Gasteiger partial charge in [-0.05, 0) is 118 Å². The Bertz CT molecular complexity index is 2070. The number of carbonyl (C=O) groups is 1. The van der Waals surface area contributed by atoms with Gasteiger partial charge in [-0.25, -0.2) is 9.07 Å². The van der Waals surface area contributed by atoms with E-state index in [0.29, 0.717) is 37.6 Å². The molecule has 3 saturated heterocycles. The molecule has 4 fully saturated rings. The Balaban J connectivity index is 1.22. The fraction of sp³-hybridized carbons (Fsp3) is 0.839. The number of alkyl halides is 1. The third kappa shape index (κ3) is 15.1. The third-order valence-electron chi connectivity index (χ3n) is 17.2. The Morgan fingerprint density at radius 3 is 2.25 bits per heavy atom. The molecule has 6 rings (SSSR count). The number of methoxy groups -OCH3 is 2. The first-order chi connectivity index (χ1) is 35.3. The highest BCUT2D eigenvalue weighted by Gasteiger charge is 2.52. The summed E-state index contributed by atoms with van der Waals surface area (Å²) in [4.78, 5) is 19.9. The minimum atomic E-state index is -1.82. The van der Waals surface area contributed by atoms with Crippen LogP contribution in [-0.4, -0.2) is 189 Å². The van der Waals surface area contributed by atoms with Gasteiger partial charge in [0, 0.05) is 80.9 Å². The van der Waals surface area contributed by atoms with Crippen LogP contribution in [0.25, 0.3) is 0 Å². The van der Waals surface area contributed by atoms with Gasteiger partial charge in [0.1, 0.15) is 42.7 Å². The van der Waals surface area contributed by atoms with Crippen LogP contribution in [0.15, 0.2) is 35.4 Å². The summed E-state index contributed by atoms with van der Waals surface area (Å²) in [5.74, 6) is -2.54. The highest BCUT2D eigenvalue weighted by atomic mass is 32.2. The summed E-state index contributed by atoms with van der Waals surface area (Å²) < 4.78 is 61.2. The maximum absolute atomic E-state index is 14.9. The van der Waals surface area contributed by atoms with E-state index in [1.54, 1.807) is 46.4 Å². The van der Waals surface area contributed by atoms with E-state index in [1.807, 2.05) is 69.7 Å². The lowest BCUT2D eigenvalue weighted by molar-refractivity contribution is -0.308. The molecule has 19 atom stereocenters. The number of aliphatic hydroxyl groups is 4. The molecule has 4 heterocycles. The number of halogens is 1. The second kappa shape index (κ2) is 26.7. The normalized spacial score (nSPS) is 39.2. The summed E-state index contributed by atoms with van der Waals surface area (Å²) in [5, 5.41) is 57.1. The van der Waals surface area contributed by atoms with Crippen molar-refractivity contribution in [1.82, 2.24) is 24.8 Å². The van der Waals surface area contributed by atoms with Crippen LogP contribution in [-0.2, 0) is 44.4 Å². The largest absolute Gasteiger partial charge is 0.459 e. The monoisotopic (exact) mass is 1080 g/mol. The zero-order valence-corrected chi connectivity index (χ0v) is 48.3. The molecule has 0 unspecified atom stereocenters. The van der Waals surface area contributed by atoms with E-state index in [1.165, 1.54) is 44.6 Å². The van der Waals surface area contributed by atoms with Crippen LogP contribution in [0, 0.1) is 17.8 Å². The van der Waals surface area contributed by atoms with Gasteiger partial charge in [0.2, 0.25) is 0 Å². The first-order valence-corrected chi connectivity index (χ1v) is 28.6. The molecule has 0 radical (unpaired) electrons. The molecular weight excluding hydrogens is 986 g/mol. The number of benzene rings is 1. The van der Waals surface area contributed by atoms with Gasteiger partial charge in [-0.3, -0.25) is 4.79 Å². The maximum atomic E-state index is 14.9. The predicted molar refractivity (Wildman–Crippen MR) is 285 cm³/mol. The van der Waals surface area contributed by atoms with E-state index in [9.17, 15) is 29.6 Å². The molecule has 19 heteroatoms. The first kappa shape index (κ1) is 61.8. The van der Waals surface area contributed by atoms with Crippen LogP contribution in [0.2, 0.25) is 0 Å². The molecule has 3 aliphatic heterocycles. The summed E-state index contributed by atoms with van der Waals surface area (Å²) in [6, 6.07) is 7.01. The van der Waals surface area contributed by atoms with Crippen LogP contribution in [0.3, 0.4) is 0 Å². The summed E-state index contributed by atoms with van der Waals surface area (Å²) >= 11 is 1.92. The number of hydrogen-bond acceptors (Lipinski definition) is 17. The van der Waals surface area contributed by atoms with Crippen LogP contribution in [0.1, 0.15) is 150 Å². The Hall–Kier alpha value is -2.37. The number of hydrogen-bond donors (Lipinski definition) is 4. The SMILES string of the molecule is CC[C@H]1OC(=O)[C@H](C)[C@@H](O[C@H]2C[C@@](C)(OC)[C@@H](O)[C@H](C)O2)[C@H](C)[C@@H](O[C@H]2C[C@@H](N(C)CCc3cn([C@H](CF)[C@H](OC)c4ccc(SC5CCCC5)cc4)nn3)C[C@@H](C)O2)[C@](C)(O)C[C@@H](C)CN(C)[C@H](C)[C@@H](O)[C@]1(C)O. The van der Waals surface area contributed by atoms with Gasteiger partial charge >= 0.3 is 5.97 Å². The second-order valence-corrected chi connectivity index (χ2v) is 24.9. The van der Waals surface area contributed by atoms with Crippen molar-refractivity contribution >= 4 is 17.7 Å². The zero-order chi connectivity index (χ0) is 55.2. The van der Waals surface area contributed by atoms with Gasteiger partial charge in [-0.15, -0.1) is 16.9 Å². The molecule has 4 N–H and O–H groups in total. The predicted octanol–water partition coefficient (Wildman–Crippen LogP) is 7.07. The van der Waals surface area contributed by atoms with E-state index >= 15 is 0 Å². The Morgan fingerprint density at radius 2 is 1.63 bits per heavy atom. The van der Waals surface area contributed by atoms with Gasteiger partial charge in [-0.1, -0.05) is 51.0 Å². The number of cyclic esters (lactones) is 1. The lowest BCUT2D eigenvalue weighted by Crippen LogP contribution is -2.59. The molecular formula is C56H94FN5O12S. The number of thioether (sulfide) groups is 1. The number of nitrogens with zero attached hydrogens (tertiary/aromatic N) is 5. The molecule has 1 aromatic carbocycles. The number of likely N-dealkylation sites (N-methyl/N-ethyl adjacent to an activating group) is 2. The summed E-state index contributed by atoms with van der Waals surface area (Å²) in [7, 11) is 7.04. The van der Waals surface area contributed by atoms with Crippen molar-refractivity contribution in [3.63, 3.8) is 0 Å². The van der Waals surface area contributed by atoms with Crippen molar-refractivity contribution in [2.24, 2.45) is 17.8 Å². The molecule has 0 spiro atoms. The van der Waals surface area contributed by atoms with E-state index < -0.39 is 109 Å². The number of ether oxygens (including phenoxy) is 7. The first-order valence-electron chi connectivity index (χ1n) is 27.7. The molecule has 1 aromatic heterocycles. The van der Waals surface area contributed by atoms with Crippen molar-refractivity contribution in [3.8, 4) is 0 Å². The van der Waals surface area contributed by atoms with Gasteiger partial charge < -0.3 is 63.4 Å². The summed E-state index contributed by atoms with van der Waals surface area (Å²) in [5.41, 5.74) is -2.78. The van der Waals surface area contributed by atoms with Gasteiger partial charge in [0.25, 0.3) is 0 Å². The van der Waals surface area contributed by atoms with Crippen molar-refractivity contribution in [1.29, 1.82) is 0 Å². The van der Waals surface area contributed by atoms with Crippen LogP contribution < -0.4 is 0 Å². The fourth-order valence-electron chi connectivity index (χ4n) is 12.4. The summed E-state index contributed by atoms with van der Waals surface area (Å²) in [6.07, 6.45) is 0.706. The second-order valence-electron chi connectivity index (χ2n) is 23.5. The number of esters is 1. The molecule has 17 nitrogen and oxygen atoms in total. The minimum absolute atomic E-state index is 0.00180. The van der Waals surface area contributed by atoms with E-state index in [4.69, 9.17) is 33.2 Å². The molecule has 1 saturated carbocycles. The molecule has 2 aromatic rings. The molecule has 4 aliphatic rings. The van der Waals surface area contributed by atoms with Crippen LogP contribution >= 0.6 is 11.8 Å². The number of aromatic nitrogens is 3. The molecule has 1 aliphatic carbocycles. The number of rotatable bonds is 17. The smallest absolute Gasteiger partial charge is 0.311 e. The topological polar surface area (TPSA) is 200 Å². The third-order valence-corrected chi connectivity index (χ3v) is 18.6. The molecule has 0 bridgehead atoms. The average molecular weight is 1080 g/mol. The Morgan fingerprint density at radius 1 is 0.947 bits per heavy atom. The van der Waals surface area contributed by atoms with E-state index in [2.05, 4.69) is 34.4 Å². The Labute approximate surface area is 451 Å². The highest BCUT2D eigenvalue weighted by molar-refractivity contribution is 8.00. The molecule has 428 valence electrons. The van der Waals surface area contributed by atoms with Crippen molar-refractivity contribution < 1.29 is 62.8 Å². The zero-order valence-electron chi connectivity index (χ0n) is 47.5. The number of aliphatic hydroxyl groups excluding tert-OH is 2. The van der Waals surface area contributed by atoms with Crippen molar-refractivity contribution in [3.05, 3.63) is 41.7 Å².